The lowest BCUT2D eigenvalue weighted by Crippen LogP contribution is -2.23. The summed E-state index contributed by atoms with van der Waals surface area (Å²) in [6.45, 7) is 8.02. The largest absolute Gasteiger partial charge is 0.386 e. The van der Waals surface area contributed by atoms with Gasteiger partial charge in [0.1, 0.15) is 0 Å². The van der Waals surface area contributed by atoms with Crippen LogP contribution in [0.4, 0.5) is 0 Å². The summed E-state index contributed by atoms with van der Waals surface area (Å²) in [7, 11) is 4.07. The van der Waals surface area contributed by atoms with Crippen LogP contribution in [-0.2, 0) is 6.54 Å². The minimum absolute atomic E-state index is 0.205. The van der Waals surface area contributed by atoms with Crippen molar-refractivity contribution in [2.75, 3.05) is 20.6 Å². The average molecular weight is 318 g/mol. The summed E-state index contributed by atoms with van der Waals surface area (Å²) in [5, 5.41) is 14.8. The summed E-state index contributed by atoms with van der Waals surface area (Å²) in [5.74, 6) is 0.639. The highest BCUT2D eigenvalue weighted by atomic mass is 79.9. The molecule has 0 aliphatic rings. The standard InChI is InChI=1S/C13H24BrN3O/c1-9(2)10(3)13(18)12-11(14)8-15-17(12)7-6-16(4)5/h8-10,13,18H,6-7H2,1-5H3. The van der Waals surface area contributed by atoms with Gasteiger partial charge < -0.3 is 10.0 Å². The molecule has 0 aromatic carbocycles. The fraction of sp³-hybridized carbons (Fsp3) is 0.769. The number of nitrogens with zero attached hydrogens (tertiary/aromatic N) is 3. The maximum absolute atomic E-state index is 10.5. The maximum Gasteiger partial charge on any atom is 0.0995 e. The Balaban J connectivity index is 2.89. The van der Waals surface area contributed by atoms with Crippen LogP contribution in [0.15, 0.2) is 10.7 Å². The van der Waals surface area contributed by atoms with Crippen LogP contribution in [0.3, 0.4) is 0 Å². The summed E-state index contributed by atoms with van der Waals surface area (Å²) >= 11 is 3.49. The van der Waals surface area contributed by atoms with Gasteiger partial charge in [0.25, 0.3) is 0 Å². The van der Waals surface area contributed by atoms with Crippen molar-refractivity contribution >= 4 is 15.9 Å². The Morgan fingerprint density at radius 3 is 2.50 bits per heavy atom. The molecule has 2 unspecified atom stereocenters. The lowest BCUT2D eigenvalue weighted by atomic mass is 9.90. The third kappa shape index (κ3) is 3.80. The molecule has 1 aromatic rings. The number of aromatic nitrogens is 2. The first-order chi connectivity index (χ1) is 8.34. The minimum atomic E-state index is -0.482. The van der Waals surface area contributed by atoms with Crippen molar-refractivity contribution in [3.05, 3.63) is 16.4 Å². The number of aliphatic hydroxyl groups excluding tert-OH is 1. The molecular formula is C13H24BrN3O. The number of halogens is 1. The van der Waals surface area contributed by atoms with Crippen molar-refractivity contribution in [1.82, 2.24) is 14.7 Å². The number of rotatable bonds is 6. The van der Waals surface area contributed by atoms with Crippen LogP contribution < -0.4 is 0 Å². The summed E-state index contributed by atoms with van der Waals surface area (Å²) in [5.41, 5.74) is 0.887. The fourth-order valence-electron chi connectivity index (χ4n) is 1.75. The van der Waals surface area contributed by atoms with E-state index in [1.165, 1.54) is 0 Å². The molecule has 1 rings (SSSR count). The molecule has 1 N–H and O–H groups in total. The molecule has 104 valence electrons. The van der Waals surface area contributed by atoms with Crippen molar-refractivity contribution < 1.29 is 5.11 Å². The van der Waals surface area contributed by atoms with Gasteiger partial charge >= 0.3 is 0 Å². The molecule has 0 aliphatic heterocycles. The van der Waals surface area contributed by atoms with Crippen LogP contribution >= 0.6 is 15.9 Å². The lowest BCUT2D eigenvalue weighted by molar-refractivity contribution is 0.0824. The highest BCUT2D eigenvalue weighted by Crippen LogP contribution is 2.32. The molecule has 0 saturated carbocycles. The third-order valence-electron chi connectivity index (χ3n) is 3.42. The third-order valence-corrected chi connectivity index (χ3v) is 4.03. The molecule has 0 spiro atoms. The molecule has 0 fully saturated rings. The summed E-state index contributed by atoms with van der Waals surface area (Å²) in [4.78, 5) is 2.11. The number of hydrogen-bond donors (Lipinski definition) is 1. The Morgan fingerprint density at radius 2 is 2.00 bits per heavy atom. The highest BCUT2D eigenvalue weighted by Gasteiger charge is 2.25. The Morgan fingerprint density at radius 1 is 1.39 bits per heavy atom. The molecule has 1 heterocycles. The van der Waals surface area contributed by atoms with E-state index < -0.39 is 6.10 Å². The van der Waals surface area contributed by atoms with E-state index in [4.69, 9.17) is 0 Å². The van der Waals surface area contributed by atoms with Gasteiger partial charge in [0, 0.05) is 6.54 Å². The van der Waals surface area contributed by atoms with Gasteiger partial charge in [0.15, 0.2) is 0 Å². The second kappa shape index (κ2) is 6.68. The zero-order chi connectivity index (χ0) is 13.9. The van der Waals surface area contributed by atoms with E-state index in [0.717, 1.165) is 23.3 Å². The van der Waals surface area contributed by atoms with E-state index >= 15 is 0 Å². The van der Waals surface area contributed by atoms with Crippen LogP contribution in [0.1, 0.15) is 32.6 Å². The van der Waals surface area contributed by atoms with Crippen LogP contribution in [0.2, 0.25) is 0 Å². The van der Waals surface area contributed by atoms with E-state index in [-0.39, 0.29) is 5.92 Å². The molecular weight excluding hydrogens is 294 g/mol. The first-order valence-corrected chi connectivity index (χ1v) is 7.17. The average Bonchev–Trinajstić information content (AvgIpc) is 2.65. The molecule has 1 aromatic heterocycles. The summed E-state index contributed by atoms with van der Waals surface area (Å²) in [6, 6.07) is 0. The molecule has 0 saturated heterocycles. The van der Waals surface area contributed by atoms with Crippen molar-refractivity contribution in [2.24, 2.45) is 11.8 Å². The lowest BCUT2D eigenvalue weighted by Gasteiger charge is -2.24. The van der Waals surface area contributed by atoms with Crippen LogP contribution in [0, 0.1) is 11.8 Å². The highest BCUT2D eigenvalue weighted by molar-refractivity contribution is 9.10. The van der Waals surface area contributed by atoms with Crippen molar-refractivity contribution in [2.45, 2.75) is 33.4 Å². The van der Waals surface area contributed by atoms with Crippen LogP contribution in [0.5, 0.6) is 0 Å². The van der Waals surface area contributed by atoms with E-state index in [0.29, 0.717) is 5.92 Å². The monoisotopic (exact) mass is 317 g/mol. The number of likely N-dealkylation sites (N-methyl/N-ethyl adjacent to an activating group) is 1. The molecule has 0 amide bonds. The summed E-state index contributed by atoms with van der Waals surface area (Å²) < 4.78 is 2.79. The predicted octanol–water partition coefficient (Wildman–Crippen LogP) is 2.53. The van der Waals surface area contributed by atoms with Gasteiger partial charge in [-0.3, -0.25) is 4.68 Å². The first kappa shape index (κ1) is 15.7. The van der Waals surface area contributed by atoms with E-state index in [9.17, 15) is 5.11 Å². The SMILES string of the molecule is CC(C)C(C)C(O)c1c(Br)cnn1CCN(C)C. The van der Waals surface area contributed by atoms with Gasteiger partial charge in [-0.2, -0.15) is 5.10 Å². The zero-order valence-corrected chi connectivity index (χ0v) is 13.5. The quantitative estimate of drug-likeness (QED) is 0.876. The number of hydrogen-bond acceptors (Lipinski definition) is 3. The van der Waals surface area contributed by atoms with Gasteiger partial charge in [-0.15, -0.1) is 0 Å². The number of aliphatic hydroxyl groups is 1. The Labute approximate surface area is 118 Å². The van der Waals surface area contributed by atoms with Gasteiger partial charge in [0.2, 0.25) is 0 Å². The smallest absolute Gasteiger partial charge is 0.0995 e. The molecule has 5 heteroatoms. The van der Waals surface area contributed by atoms with Gasteiger partial charge in [0.05, 0.1) is 29.0 Å². The maximum atomic E-state index is 10.5. The fourth-order valence-corrected chi connectivity index (χ4v) is 2.28. The molecule has 0 aliphatic carbocycles. The Hall–Kier alpha value is -0.390. The molecule has 0 radical (unpaired) electrons. The first-order valence-electron chi connectivity index (χ1n) is 6.38. The zero-order valence-electron chi connectivity index (χ0n) is 11.9. The topological polar surface area (TPSA) is 41.3 Å². The van der Waals surface area contributed by atoms with Gasteiger partial charge in [-0.1, -0.05) is 20.8 Å². The summed E-state index contributed by atoms with van der Waals surface area (Å²) in [6.07, 6.45) is 1.28. The van der Waals surface area contributed by atoms with Crippen molar-refractivity contribution in [3.8, 4) is 0 Å². The second-order valence-electron chi connectivity index (χ2n) is 5.45. The minimum Gasteiger partial charge on any atom is -0.386 e. The van der Waals surface area contributed by atoms with Gasteiger partial charge in [-0.05, 0) is 41.9 Å². The normalized spacial score (nSPS) is 15.4. The molecule has 0 bridgehead atoms. The molecule has 2 atom stereocenters. The van der Waals surface area contributed by atoms with E-state index in [1.807, 2.05) is 18.8 Å². The van der Waals surface area contributed by atoms with Gasteiger partial charge in [-0.25, -0.2) is 0 Å². The molecule has 18 heavy (non-hydrogen) atoms. The Kier molecular flexibility index (Phi) is 5.82. The van der Waals surface area contributed by atoms with Crippen molar-refractivity contribution in [1.29, 1.82) is 0 Å². The van der Waals surface area contributed by atoms with Crippen molar-refractivity contribution in [3.63, 3.8) is 0 Å². The Bertz CT molecular complexity index is 376. The second-order valence-corrected chi connectivity index (χ2v) is 6.31. The molecule has 4 nitrogen and oxygen atoms in total. The van der Waals surface area contributed by atoms with E-state index in [2.05, 4.69) is 46.7 Å². The van der Waals surface area contributed by atoms with Crippen LogP contribution in [-0.4, -0.2) is 40.4 Å². The van der Waals surface area contributed by atoms with Crippen LogP contribution in [0.25, 0.3) is 0 Å². The predicted molar refractivity (Wildman–Crippen MR) is 77.4 cm³/mol. The van der Waals surface area contributed by atoms with E-state index in [1.54, 1.807) is 6.20 Å².